The third-order valence-corrected chi connectivity index (χ3v) is 4.02. The molecule has 0 radical (unpaired) electrons. The molecule has 9 heteroatoms. The molecule has 0 aliphatic carbocycles. The van der Waals surface area contributed by atoms with Crippen LogP contribution in [-0.4, -0.2) is 47.9 Å². The van der Waals surface area contributed by atoms with Crippen molar-refractivity contribution < 1.29 is 17.9 Å². The zero-order chi connectivity index (χ0) is 13.3. The van der Waals surface area contributed by atoms with Crippen molar-refractivity contribution in [1.82, 2.24) is 9.97 Å². The lowest BCUT2D eigenvalue weighted by atomic mass is 10.1. The lowest BCUT2D eigenvalue weighted by Crippen LogP contribution is -2.50. The Morgan fingerprint density at radius 2 is 2.00 bits per heavy atom. The number of rotatable bonds is 2. The van der Waals surface area contributed by atoms with E-state index in [1.54, 1.807) is 0 Å². The summed E-state index contributed by atoms with van der Waals surface area (Å²) in [5.74, 6) is -0.414. The van der Waals surface area contributed by atoms with Gasteiger partial charge in [-0.15, -0.1) is 0 Å². The average Bonchev–Trinajstić information content (AvgIpc) is 2.28. The predicted molar refractivity (Wildman–Crippen MR) is 61.7 cm³/mol. The van der Waals surface area contributed by atoms with Gasteiger partial charge in [-0.25, -0.2) is 27.9 Å². The van der Waals surface area contributed by atoms with Crippen molar-refractivity contribution in [3.05, 3.63) is 18.2 Å². The molecule has 0 amide bonds. The van der Waals surface area contributed by atoms with Gasteiger partial charge in [0.25, 0.3) is 0 Å². The fourth-order valence-corrected chi connectivity index (χ4v) is 2.78. The van der Waals surface area contributed by atoms with Gasteiger partial charge in [-0.2, -0.15) is 0 Å². The van der Waals surface area contributed by atoms with E-state index in [1.807, 2.05) is 0 Å². The average molecular weight is 276 g/mol. The highest BCUT2D eigenvalue weighted by molar-refractivity contribution is 7.89. The third kappa shape index (κ3) is 2.92. The van der Waals surface area contributed by atoms with Gasteiger partial charge in [0, 0.05) is 13.1 Å². The van der Waals surface area contributed by atoms with Gasteiger partial charge in [0.05, 0.1) is 23.7 Å². The maximum atomic E-state index is 12.7. The van der Waals surface area contributed by atoms with E-state index in [1.165, 1.54) is 4.90 Å². The van der Waals surface area contributed by atoms with Crippen LogP contribution in [0.3, 0.4) is 0 Å². The van der Waals surface area contributed by atoms with E-state index in [0.29, 0.717) is 0 Å². The molecule has 100 valence electrons. The lowest BCUT2D eigenvalue weighted by Gasteiger charge is -2.34. The number of β-amino-alcohol motifs (C(OH)–C–C–N with tert-alkyl or cyclic N) is 1. The van der Waals surface area contributed by atoms with Gasteiger partial charge in [-0.3, -0.25) is 0 Å². The second kappa shape index (κ2) is 4.75. The SMILES string of the molecule is NS(=O)(=O)C1C[C@H](O)CN(c2ncc(F)cn2)C1. The normalized spacial score (nSPS) is 25.2. The first kappa shape index (κ1) is 13.1. The summed E-state index contributed by atoms with van der Waals surface area (Å²) in [7, 11) is -3.74. The molecule has 1 aliphatic heterocycles. The molecule has 1 fully saturated rings. The Hall–Kier alpha value is -1.32. The predicted octanol–water partition coefficient (Wildman–Crippen LogP) is -1.16. The summed E-state index contributed by atoms with van der Waals surface area (Å²) in [5, 5.41) is 13.8. The summed E-state index contributed by atoms with van der Waals surface area (Å²) in [6, 6.07) is 0. The Morgan fingerprint density at radius 1 is 1.39 bits per heavy atom. The monoisotopic (exact) mass is 276 g/mol. The van der Waals surface area contributed by atoms with Crippen LogP contribution in [0.2, 0.25) is 0 Å². The Labute approximate surface area is 104 Å². The fourth-order valence-electron chi connectivity index (χ4n) is 1.90. The molecule has 2 heterocycles. The molecule has 0 bridgehead atoms. The van der Waals surface area contributed by atoms with Crippen molar-refractivity contribution in [2.75, 3.05) is 18.0 Å². The number of aliphatic hydroxyl groups excluding tert-OH is 1. The van der Waals surface area contributed by atoms with Crippen LogP contribution in [0.15, 0.2) is 12.4 Å². The zero-order valence-corrected chi connectivity index (χ0v) is 10.2. The van der Waals surface area contributed by atoms with Gasteiger partial charge >= 0.3 is 0 Å². The second-order valence-corrected chi connectivity index (χ2v) is 6.05. The summed E-state index contributed by atoms with van der Waals surface area (Å²) >= 11 is 0. The fraction of sp³-hybridized carbons (Fsp3) is 0.556. The van der Waals surface area contributed by atoms with Gasteiger partial charge in [0.1, 0.15) is 0 Å². The first-order valence-electron chi connectivity index (χ1n) is 5.28. The van der Waals surface area contributed by atoms with E-state index < -0.39 is 27.2 Å². The number of hydrogen-bond acceptors (Lipinski definition) is 6. The van der Waals surface area contributed by atoms with Gasteiger partial charge in [0.2, 0.25) is 16.0 Å². The molecule has 7 nitrogen and oxygen atoms in total. The minimum Gasteiger partial charge on any atom is -0.391 e. The van der Waals surface area contributed by atoms with Crippen LogP contribution in [0.4, 0.5) is 10.3 Å². The van der Waals surface area contributed by atoms with E-state index in [9.17, 15) is 17.9 Å². The standard InChI is InChI=1S/C9H13FN4O3S/c10-6-2-12-9(13-3-6)14-4-7(15)1-8(5-14)18(11,16)17/h2-3,7-8,15H,1,4-5H2,(H2,11,16,17)/t7-,8?/m0/s1. The number of piperidine rings is 1. The van der Waals surface area contributed by atoms with Crippen molar-refractivity contribution in [2.45, 2.75) is 17.8 Å². The first-order valence-corrected chi connectivity index (χ1v) is 6.89. The Bertz CT molecular complexity index is 521. The van der Waals surface area contributed by atoms with Gasteiger partial charge in [0.15, 0.2) is 5.82 Å². The summed E-state index contributed by atoms with van der Waals surface area (Å²) in [5.41, 5.74) is 0. The molecule has 2 rings (SSSR count). The molecule has 0 spiro atoms. The Kier molecular flexibility index (Phi) is 3.46. The number of sulfonamides is 1. The van der Waals surface area contributed by atoms with E-state index in [2.05, 4.69) is 9.97 Å². The number of aliphatic hydroxyl groups is 1. The number of nitrogens with two attached hydrogens (primary N) is 1. The molecular weight excluding hydrogens is 263 g/mol. The van der Waals surface area contributed by atoms with Gasteiger partial charge in [-0.05, 0) is 6.42 Å². The molecule has 1 aromatic rings. The molecule has 0 saturated carbocycles. The van der Waals surface area contributed by atoms with Crippen molar-refractivity contribution >= 4 is 16.0 Å². The second-order valence-electron chi connectivity index (χ2n) is 4.21. The highest BCUT2D eigenvalue weighted by Crippen LogP contribution is 2.19. The molecule has 1 saturated heterocycles. The summed E-state index contributed by atoms with van der Waals surface area (Å²) in [6.45, 7) is 0.277. The molecule has 0 aromatic carbocycles. The van der Waals surface area contributed by atoms with Crippen LogP contribution in [0.5, 0.6) is 0 Å². The van der Waals surface area contributed by atoms with Gasteiger partial charge in [-0.1, -0.05) is 0 Å². The van der Waals surface area contributed by atoms with Crippen LogP contribution < -0.4 is 10.0 Å². The number of anilines is 1. The maximum Gasteiger partial charge on any atom is 0.225 e. The molecular formula is C9H13FN4O3S. The Balaban J connectivity index is 2.21. The van der Waals surface area contributed by atoms with Crippen LogP contribution >= 0.6 is 0 Å². The maximum absolute atomic E-state index is 12.7. The molecule has 1 unspecified atom stereocenters. The van der Waals surface area contributed by atoms with E-state index in [4.69, 9.17) is 5.14 Å². The van der Waals surface area contributed by atoms with Crippen LogP contribution in [0, 0.1) is 5.82 Å². The zero-order valence-electron chi connectivity index (χ0n) is 9.40. The minimum atomic E-state index is -3.74. The number of aromatic nitrogens is 2. The smallest absolute Gasteiger partial charge is 0.225 e. The van der Waals surface area contributed by atoms with Crippen LogP contribution in [0.1, 0.15) is 6.42 Å². The van der Waals surface area contributed by atoms with E-state index in [-0.39, 0.29) is 25.5 Å². The van der Waals surface area contributed by atoms with Crippen molar-refractivity contribution in [3.8, 4) is 0 Å². The quantitative estimate of drug-likeness (QED) is 0.705. The largest absolute Gasteiger partial charge is 0.391 e. The van der Waals surface area contributed by atoms with E-state index in [0.717, 1.165) is 12.4 Å². The summed E-state index contributed by atoms with van der Waals surface area (Å²) in [4.78, 5) is 8.97. The highest BCUT2D eigenvalue weighted by Gasteiger charge is 2.33. The van der Waals surface area contributed by atoms with Gasteiger partial charge < -0.3 is 10.0 Å². The van der Waals surface area contributed by atoms with Crippen molar-refractivity contribution in [1.29, 1.82) is 0 Å². The van der Waals surface area contributed by atoms with Crippen LogP contribution in [-0.2, 0) is 10.0 Å². The number of hydrogen-bond donors (Lipinski definition) is 2. The molecule has 1 aliphatic rings. The topological polar surface area (TPSA) is 109 Å². The van der Waals surface area contributed by atoms with Crippen LogP contribution in [0.25, 0.3) is 0 Å². The summed E-state index contributed by atoms with van der Waals surface area (Å²) in [6.07, 6.45) is 1.21. The van der Waals surface area contributed by atoms with Crippen molar-refractivity contribution in [3.63, 3.8) is 0 Å². The number of halogens is 1. The van der Waals surface area contributed by atoms with E-state index >= 15 is 0 Å². The molecule has 18 heavy (non-hydrogen) atoms. The first-order chi connectivity index (χ1) is 8.36. The number of nitrogens with zero attached hydrogens (tertiary/aromatic N) is 3. The molecule has 1 aromatic heterocycles. The summed E-state index contributed by atoms with van der Waals surface area (Å²) < 4.78 is 35.3. The lowest BCUT2D eigenvalue weighted by molar-refractivity contribution is 0.154. The van der Waals surface area contributed by atoms with Crippen molar-refractivity contribution in [2.24, 2.45) is 5.14 Å². The third-order valence-electron chi connectivity index (χ3n) is 2.74. The molecule has 2 atom stereocenters. The number of primary sulfonamides is 1. The minimum absolute atomic E-state index is 0.0799. The molecule has 3 N–H and O–H groups in total. The highest BCUT2D eigenvalue weighted by atomic mass is 32.2. The Morgan fingerprint density at radius 3 is 2.56 bits per heavy atom.